The molecule has 2 heterocycles. The van der Waals surface area contributed by atoms with Gasteiger partial charge in [0.1, 0.15) is 11.8 Å². The summed E-state index contributed by atoms with van der Waals surface area (Å²) >= 11 is 0. The van der Waals surface area contributed by atoms with E-state index in [2.05, 4.69) is 39.4 Å². The summed E-state index contributed by atoms with van der Waals surface area (Å²) in [4.78, 5) is 22.1. The lowest BCUT2D eigenvalue weighted by atomic mass is 9.99. The molecular weight excluding hydrogens is 352 g/mol. The average Bonchev–Trinajstić information content (AvgIpc) is 3.40. The molecule has 1 N–H and O–H groups in total. The number of amides is 1. The second-order valence-corrected chi connectivity index (χ2v) is 6.57. The van der Waals surface area contributed by atoms with E-state index < -0.39 is 0 Å². The number of carbonyl (C=O) groups excluding carboxylic acids is 1. The second kappa shape index (κ2) is 7.92. The van der Waals surface area contributed by atoms with Crippen LogP contribution in [0.2, 0.25) is 0 Å². The number of nitrogens with one attached hydrogen (secondary N) is 1. The molecule has 28 heavy (non-hydrogen) atoms. The summed E-state index contributed by atoms with van der Waals surface area (Å²) < 4.78 is 4.98. The normalized spacial score (nSPS) is 10.8. The van der Waals surface area contributed by atoms with Gasteiger partial charge in [-0.05, 0) is 23.6 Å². The highest BCUT2D eigenvalue weighted by Crippen LogP contribution is 2.26. The van der Waals surface area contributed by atoms with Gasteiger partial charge in [0.15, 0.2) is 0 Å². The number of imidazole rings is 1. The number of aromatic nitrogens is 3. The van der Waals surface area contributed by atoms with Crippen LogP contribution in [0, 0.1) is 6.92 Å². The van der Waals surface area contributed by atoms with Crippen LogP contribution in [0.5, 0.6) is 0 Å². The van der Waals surface area contributed by atoms with Gasteiger partial charge in [-0.25, -0.2) is 4.98 Å². The molecule has 0 aliphatic carbocycles. The molecule has 6 heteroatoms. The molecule has 4 aromatic rings. The van der Waals surface area contributed by atoms with Gasteiger partial charge in [-0.15, -0.1) is 0 Å². The molecule has 0 saturated carbocycles. The van der Waals surface area contributed by atoms with Crippen LogP contribution in [-0.2, 0) is 13.1 Å². The van der Waals surface area contributed by atoms with Crippen LogP contribution in [0.3, 0.4) is 0 Å². The summed E-state index contributed by atoms with van der Waals surface area (Å²) in [6.07, 6.45) is 4.74. The Morgan fingerprint density at radius 3 is 2.57 bits per heavy atom. The molecule has 1 amide bonds. The third kappa shape index (κ3) is 3.71. The molecule has 0 bridgehead atoms. The van der Waals surface area contributed by atoms with E-state index in [4.69, 9.17) is 4.52 Å². The fourth-order valence-corrected chi connectivity index (χ4v) is 3.21. The van der Waals surface area contributed by atoms with E-state index in [9.17, 15) is 4.79 Å². The van der Waals surface area contributed by atoms with Crippen LogP contribution in [0.15, 0.2) is 77.9 Å². The lowest BCUT2D eigenvalue weighted by Crippen LogP contribution is -2.30. The molecule has 6 nitrogen and oxygen atoms in total. The van der Waals surface area contributed by atoms with Crippen molar-refractivity contribution in [2.24, 2.45) is 0 Å². The SMILES string of the molecule is Cc1nocc1C(=O)N(Cc1cnc[nH]1)Cc1ccccc1-c1ccccc1. The van der Waals surface area contributed by atoms with Crippen LogP contribution in [0.1, 0.15) is 27.3 Å². The predicted molar refractivity (Wildman–Crippen MR) is 105 cm³/mol. The molecule has 0 unspecified atom stereocenters. The third-order valence-electron chi connectivity index (χ3n) is 4.65. The van der Waals surface area contributed by atoms with E-state index in [1.54, 1.807) is 24.3 Å². The van der Waals surface area contributed by atoms with Crippen LogP contribution < -0.4 is 0 Å². The first-order valence-corrected chi connectivity index (χ1v) is 9.03. The Morgan fingerprint density at radius 1 is 1.07 bits per heavy atom. The number of nitrogens with zero attached hydrogens (tertiary/aromatic N) is 3. The van der Waals surface area contributed by atoms with Gasteiger partial charge < -0.3 is 14.4 Å². The molecule has 140 valence electrons. The zero-order chi connectivity index (χ0) is 19.3. The first-order valence-electron chi connectivity index (χ1n) is 9.03. The van der Waals surface area contributed by atoms with Crippen molar-refractivity contribution in [3.8, 4) is 11.1 Å². The topological polar surface area (TPSA) is 75.0 Å². The predicted octanol–water partition coefficient (Wildman–Crippen LogP) is 4.22. The molecule has 0 atom stereocenters. The zero-order valence-corrected chi connectivity index (χ0v) is 15.5. The molecule has 0 aliphatic rings. The molecular formula is C22H20N4O2. The number of aryl methyl sites for hydroxylation is 1. The van der Waals surface area contributed by atoms with Gasteiger partial charge in [-0.3, -0.25) is 4.79 Å². The zero-order valence-electron chi connectivity index (χ0n) is 15.5. The van der Waals surface area contributed by atoms with Crippen LogP contribution in [0.25, 0.3) is 11.1 Å². The Balaban J connectivity index is 1.69. The third-order valence-corrected chi connectivity index (χ3v) is 4.65. The number of H-pyrrole nitrogens is 1. The lowest BCUT2D eigenvalue weighted by Gasteiger charge is -2.23. The molecule has 0 saturated heterocycles. The smallest absolute Gasteiger partial charge is 0.259 e. The van der Waals surface area contributed by atoms with Crippen molar-refractivity contribution < 1.29 is 9.32 Å². The quantitative estimate of drug-likeness (QED) is 0.550. The van der Waals surface area contributed by atoms with Gasteiger partial charge in [0.05, 0.1) is 24.3 Å². The summed E-state index contributed by atoms with van der Waals surface area (Å²) in [6.45, 7) is 2.63. The van der Waals surface area contributed by atoms with E-state index in [0.29, 0.717) is 24.3 Å². The minimum absolute atomic E-state index is 0.129. The minimum atomic E-state index is -0.129. The van der Waals surface area contributed by atoms with Crippen molar-refractivity contribution in [1.82, 2.24) is 20.0 Å². The maximum atomic E-state index is 13.2. The number of benzene rings is 2. The molecule has 0 aliphatic heterocycles. The number of carbonyl (C=O) groups is 1. The van der Waals surface area contributed by atoms with E-state index in [1.165, 1.54) is 6.26 Å². The summed E-state index contributed by atoms with van der Waals surface area (Å²) in [7, 11) is 0. The maximum Gasteiger partial charge on any atom is 0.259 e. The number of aromatic amines is 1. The summed E-state index contributed by atoms with van der Waals surface area (Å²) in [6, 6.07) is 18.3. The molecule has 0 spiro atoms. The van der Waals surface area contributed by atoms with Crippen molar-refractivity contribution in [1.29, 1.82) is 0 Å². The highest BCUT2D eigenvalue weighted by Gasteiger charge is 2.22. The van der Waals surface area contributed by atoms with Crippen LogP contribution in [-0.4, -0.2) is 25.9 Å². The van der Waals surface area contributed by atoms with Gasteiger partial charge in [-0.2, -0.15) is 0 Å². The first-order chi connectivity index (χ1) is 13.7. The molecule has 2 aromatic carbocycles. The fraction of sp³-hybridized carbons (Fsp3) is 0.136. The summed E-state index contributed by atoms with van der Waals surface area (Å²) in [5.41, 5.74) is 5.20. The Labute approximate surface area is 162 Å². The van der Waals surface area contributed by atoms with Crippen molar-refractivity contribution in [2.75, 3.05) is 0 Å². The van der Waals surface area contributed by atoms with E-state index in [0.717, 1.165) is 22.4 Å². The molecule has 0 fully saturated rings. The Hall–Kier alpha value is -3.67. The summed E-state index contributed by atoms with van der Waals surface area (Å²) in [5.74, 6) is -0.129. The van der Waals surface area contributed by atoms with Crippen molar-refractivity contribution in [3.05, 3.63) is 95.9 Å². The van der Waals surface area contributed by atoms with E-state index in [1.807, 2.05) is 30.3 Å². The van der Waals surface area contributed by atoms with Crippen molar-refractivity contribution in [3.63, 3.8) is 0 Å². The van der Waals surface area contributed by atoms with Gasteiger partial charge >= 0.3 is 0 Å². The first kappa shape index (κ1) is 17.7. The molecule has 0 radical (unpaired) electrons. The Morgan fingerprint density at radius 2 is 1.86 bits per heavy atom. The lowest BCUT2D eigenvalue weighted by molar-refractivity contribution is 0.0727. The van der Waals surface area contributed by atoms with Gasteiger partial charge in [0.25, 0.3) is 5.91 Å². The van der Waals surface area contributed by atoms with Crippen molar-refractivity contribution in [2.45, 2.75) is 20.0 Å². The molecule has 4 rings (SSSR count). The van der Waals surface area contributed by atoms with Crippen LogP contribution >= 0.6 is 0 Å². The van der Waals surface area contributed by atoms with E-state index >= 15 is 0 Å². The fourth-order valence-electron chi connectivity index (χ4n) is 3.21. The van der Waals surface area contributed by atoms with Crippen molar-refractivity contribution >= 4 is 5.91 Å². The average molecular weight is 372 g/mol. The molecule has 2 aromatic heterocycles. The standard InChI is InChI=1S/C22H20N4O2/c1-16-21(14-28-25-16)22(27)26(13-19-11-23-15-24-19)12-18-9-5-6-10-20(18)17-7-3-2-4-8-17/h2-11,14-15H,12-13H2,1H3,(H,23,24). The highest BCUT2D eigenvalue weighted by atomic mass is 16.5. The largest absolute Gasteiger partial charge is 0.364 e. The number of rotatable bonds is 6. The summed E-state index contributed by atoms with van der Waals surface area (Å²) in [5, 5.41) is 3.85. The number of hydrogen-bond donors (Lipinski definition) is 1. The van der Waals surface area contributed by atoms with Crippen LogP contribution in [0.4, 0.5) is 0 Å². The van der Waals surface area contributed by atoms with Gasteiger partial charge in [0.2, 0.25) is 0 Å². The maximum absolute atomic E-state index is 13.2. The Kier molecular flexibility index (Phi) is 5.01. The highest BCUT2D eigenvalue weighted by molar-refractivity contribution is 5.94. The second-order valence-electron chi connectivity index (χ2n) is 6.57. The monoisotopic (exact) mass is 372 g/mol. The Bertz CT molecular complexity index is 1060. The van der Waals surface area contributed by atoms with Gasteiger partial charge in [-0.1, -0.05) is 59.8 Å². The number of hydrogen-bond acceptors (Lipinski definition) is 4. The van der Waals surface area contributed by atoms with E-state index in [-0.39, 0.29) is 5.91 Å². The van der Waals surface area contributed by atoms with Gasteiger partial charge in [0, 0.05) is 12.7 Å². The minimum Gasteiger partial charge on any atom is -0.364 e.